The first-order valence-electron chi connectivity index (χ1n) is 7.57. The minimum atomic E-state index is 0.866. The average molecular weight is 283 g/mol. The van der Waals surface area contributed by atoms with E-state index in [4.69, 9.17) is 0 Å². The van der Waals surface area contributed by atoms with Gasteiger partial charge in [-0.05, 0) is 43.5 Å². The standard InChI is InChI=1S/C18H25N3/c1-5-10-19-18-9-7-16(12-20-18)13-21(4)17-8-6-14(2)11-15(17)3/h6-9,11-12H,5,10,13H2,1-4H3,(H,19,20). The van der Waals surface area contributed by atoms with Crippen molar-refractivity contribution in [2.75, 3.05) is 23.8 Å². The third-order valence-electron chi connectivity index (χ3n) is 3.56. The Balaban J connectivity index is 2.03. The second-order valence-corrected chi connectivity index (χ2v) is 5.62. The number of hydrogen-bond donors (Lipinski definition) is 1. The molecule has 0 bridgehead atoms. The van der Waals surface area contributed by atoms with Crippen LogP contribution in [0.5, 0.6) is 0 Å². The molecule has 1 aromatic carbocycles. The summed E-state index contributed by atoms with van der Waals surface area (Å²) in [6.07, 6.45) is 3.07. The summed E-state index contributed by atoms with van der Waals surface area (Å²) in [5.74, 6) is 0.953. The van der Waals surface area contributed by atoms with Crippen LogP contribution < -0.4 is 10.2 Å². The normalized spacial score (nSPS) is 10.5. The minimum absolute atomic E-state index is 0.866. The number of benzene rings is 1. The fraction of sp³-hybridized carbons (Fsp3) is 0.389. The van der Waals surface area contributed by atoms with Gasteiger partial charge in [-0.25, -0.2) is 4.98 Å². The van der Waals surface area contributed by atoms with Crippen molar-refractivity contribution in [2.45, 2.75) is 33.7 Å². The Morgan fingerprint density at radius 3 is 2.57 bits per heavy atom. The van der Waals surface area contributed by atoms with Gasteiger partial charge in [0.15, 0.2) is 0 Å². The van der Waals surface area contributed by atoms with Crippen molar-refractivity contribution in [3.05, 3.63) is 53.2 Å². The number of rotatable bonds is 6. The summed E-state index contributed by atoms with van der Waals surface area (Å²) in [4.78, 5) is 6.73. The van der Waals surface area contributed by atoms with Gasteiger partial charge in [-0.15, -0.1) is 0 Å². The van der Waals surface area contributed by atoms with Crippen molar-refractivity contribution >= 4 is 11.5 Å². The Kier molecular flexibility index (Phi) is 5.20. The Bertz CT molecular complexity index is 576. The van der Waals surface area contributed by atoms with E-state index < -0.39 is 0 Å². The van der Waals surface area contributed by atoms with Gasteiger partial charge < -0.3 is 10.2 Å². The van der Waals surface area contributed by atoms with E-state index in [1.165, 1.54) is 22.4 Å². The Hall–Kier alpha value is -2.03. The first-order chi connectivity index (χ1) is 10.1. The van der Waals surface area contributed by atoms with E-state index in [0.29, 0.717) is 0 Å². The molecule has 0 atom stereocenters. The van der Waals surface area contributed by atoms with E-state index in [9.17, 15) is 0 Å². The Labute approximate surface area is 128 Å². The van der Waals surface area contributed by atoms with Crippen molar-refractivity contribution < 1.29 is 0 Å². The molecular formula is C18H25N3. The topological polar surface area (TPSA) is 28.2 Å². The lowest BCUT2D eigenvalue weighted by molar-refractivity contribution is 0.907. The van der Waals surface area contributed by atoms with Crippen LogP contribution in [0.3, 0.4) is 0 Å². The highest BCUT2D eigenvalue weighted by Gasteiger charge is 2.06. The number of nitrogens with zero attached hydrogens (tertiary/aromatic N) is 2. The molecule has 21 heavy (non-hydrogen) atoms. The molecule has 0 aliphatic rings. The van der Waals surface area contributed by atoms with Crippen LogP contribution in [0.15, 0.2) is 36.5 Å². The summed E-state index contributed by atoms with van der Waals surface area (Å²) >= 11 is 0. The number of nitrogens with one attached hydrogen (secondary N) is 1. The summed E-state index contributed by atoms with van der Waals surface area (Å²) in [5, 5.41) is 3.30. The monoisotopic (exact) mass is 283 g/mol. The maximum atomic E-state index is 4.46. The van der Waals surface area contributed by atoms with E-state index in [0.717, 1.165) is 25.3 Å². The van der Waals surface area contributed by atoms with Crippen molar-refractivity contribution in [3.8, 4) is 0 Å². The second kappa shape index (κ2) is 7.11. The number of hydrogen-bond acceptors (Lipinski definition) is 3. The molecule has 2 aromatic rings. The van der Waals surface area contributed by atoms with Gasteiger partial charge in [0, 0.05) is 32.0 Å². The zero-order valence-corrected chi connectivity index (χ0v) is 13.5. The highest BCUT2D eigenvalue weighted by molar-refractivity contribution is 5.54. The summed E-state index contributed by atoms with van der Waals surface area (Å²) in [6.45, 7) is 8.28. The maximum Gasteiger partial charge on any atom is 0.125 e. The third-order valence-corrected chi connectivity index (χ3v) is 3.56. The number of aryl methyl sites for hydroxylation is 2. The van der Waals surface area contributed by atoms with Crippen molar-refractivity contribution in [1.82, 2.24) is 4.98 Å². The molecule has 0 aliphatic heterocycles. The maximum absolute atomic E-state index is 4.46. The van der Waals surface area contributed by atoms with E-state index in [-0.39, 0.29) is 0 Å². The van der Waals surface area contributed by atoms with Crippen LogP contribution in [0, 0.1) is 13.8 Å². The van der Waals surface area contributed by atoms with Gasteiger partial charge >= 0.3 is 0 Å². The van der Waals surface area contributed by atoms with Crippen LogP contribution in [0.1, 0.15) is 30.0 Å². The number of pyridine rings is 1. The van der Waals surface area contributed by atoms with Crippen LogP contribution in [0.25, 0.3) is 0 Å². The lowest BCUT2D eigenvalue weighted by Gasteiger charge is -2.22. The van der Waals surface area contributed by atoms with Crippen LogP contribution in [-0.4, -0.2) is 18.6 Å². The van der Waals surface area contributed by atoms with Crippen LogP contribution in [0.2, 0.25) is 0 Å². The predicted octanol–water partition coefficient (Wildman–Crippen LogP) is 4.16. The number of anilines is 2. The highest BCUT2D eigenvalue weighted by atomic mass is 15.1. The SMILES string of the molecule is CCCNc1ccc(CN(C)c2ccc(C)cc2C)cn1. The van der Waals surface area contributed by atoms with Crippen LogP contribution in [0.4, 0.5) is 11.5 Å². The van der Waals surface area contributed by atoms with Gasteiger partial charge in [-0.1, -0.05) is 30.7 Å². The van der Waals surface area contributed by atoms with Crippen LogP contribution >= 0.6 is 0 Å². The highest BCUT2D eigenvalue weighted by Crippen LogP contribution is 2.21. The molecule has 3 heteroatoms. The summed E-state index contributed by atoms with van der Waals surface area (Å²) in [5.41, 5.74) is 5.11. The number of aromatic nitrogens is 1. The van der Waals surface area contributed by atoms with E-state index in [1.807, 2.05) is 6.20 Å². The molecular weight excluding hydrogens is 258 g/mol. The molecule has 1 N–H and O–H groups in total. The van der Waals surface area contributed by atoms with Gasteiger partial charge in [0.25, 0.3) is 0 Å². The molecule has 0 spiro atoms. The van der Waals surface area contributed by atoms with E-state index >= 15 is 0 Å². The largest absolute Gasteiger partial charge is 0.370 e. The molecule has 0 saturated heterocycles. The minimum Gasteiger partial charge on any atom is -0.370 e. The summed E-state index contributed by atoms with van der Waals surface area (Å²) in [7, 11) is 2.13. The van der Waals surface area contributed by atoms with Gasteiger partial charge in [0.2, 0.25) is 0 Å². The van der Waals surface area contributed by atoms with Gasteiger partial charge in [-0.2, -0.15) is 0 Å². The second-order valence-electron chi connectivity index (χ2n) is 5.62. The smallest absolute Gasteiger partial charge is 0.125 e. The lowest BCUT2D eigenvalue weighted by atomic mass is 10.1. The third kappa shape index (κ3) is 4.22. The molecule has 2 rings (SSSR count). The first-order valence-corrected chi connectivity index (χ1v) is 7.57. The fourth-order valence-electron chi connectivity index (χ4n) is 2.47. The first kappa shape index (κ1) is 15.4. The Morgan fingerprint density at radius 1 is 1.14 bits per heavy atom. The lowest BCUT2D eigenvalue weighted by Crippen LogP contribution is -2.17. The molecule has 1 aromatic heterocycles. The van der Waals surface area contributed by atoms with Gasteiger partial charge in [0.05, 0.1) is 0 Å². The molecule has 0 unspecified atom stereocenters. The molecule has 0 saturated carbocycles. The zero-order valence-electron chi connectivity index (χ0n) is 13.5. The zero-order chi connectivity index (χ0) is 15.2. The molecule has 112 valence electrons. The quantitative estimate of drug-likeness (QED) is 0.863. The van der Waals surface area contributed by atoms with Gasteiger partial charge in [-0.3, -0.25) is 0 Å². The summed E-state index contributed by atoms with van der Waals surface area (Å²) in [6, 6.07) is 10.8. The molecule has 0 fully saturated rings. The fourth-order valence-corrected chi connectivity index (χ4v) is 2.47. The van der Waals surface area contributed by atoms with E-state index in [2.05, 4.69) is 73.4 Å². The van der Waals surface area contributed by atoms with Gasteiger partial charge in [0.1, 0.15) is 5.82 Å². The Morgan fingerprint density at radius 2 is 1.95 bits per heavy atom. The average Bonchev–Trinajstić information content (AvgIpc) is 2.46. The van der Waals surface area contributed by atoms with Crippen LogP contribution in [-0.2, 0) is 6.54 Å². The summed E-state index contributed by atoms with van der Waals surface area (Å²) < 4.78 is 0. The van der Waals surface area contributed by atoms with Crippen molar-refractivity contribution in [2.24, 2.45) is 0 Å². The molecule has 0 amide bonds. The molecule has 1 heterocycles. The van der Waals surface area contributed by atoms with E-state index in [1.54, 1.807) is 0 Å². The molecule has 3 nitrogen and oxygen atoms in total. The van der Waals surface area contributed by atoms with Crippen molar-refractivity contribution in [3.63, 3.8) is 0 Å². The predicted molar refractivity (Wildman–Crippen MR) is 91.0 cm³/mol. The van der Waals surface area contributed by atoms with Crippen molar-refractivity contribution in [1.29, 1.82) is 0 Å². The molecule has 0 aliphatic carbocycles. The molecule has 0 radical (unpaired) electrons.